The predicted octanol–water partition coefficient (Wildman–Crippen LogP) is 3.28. The minimum absolute atomic E-state index is 0. The highest BCUT2D eigenvalue weighted by molar-refractivity contribution is 7.99. The maximum absolute atomic E-state index is 12.8. The lowest BCUT2D eigenvalue weighted by Crippen LogP contribution is -2.54. The van der Waals surface area contributed by atoms with Crippen LogP contribution in [0.25, 0.3) is 0 Å². The highest BCUT2D eigenvalue weighted by atomic mass is 35.5. The van der Waals surface area contributed by atoms with Crippen molar-refractivity contribution < 1.29 is 4.79 Å². The van der Waals surface area contributed by atoms with Gasteiger partial charge >= 0.3 is 0 Å². The van der Waals surface area contributed by atoms with E-state index in [9.17, 15) is 4.79 Å². The number of nitrogens with two attached hydrogens (primary N) is 1. The fourth-order valence-electron chi connectivity index (χ4n) is 3.50. The molecule has 2 aliphatic rings. The zero-order valence-electron chi connectivity index (χ0n) is 15.6. The molecule has 0 aromatic heterocycles. The molecule has 1 atom stereocenters. The second-order valence-electron chi connectivity index (χ2n) is 7.70. The number of carbonyl (C=O) groups excluding carboxylic acids is 1. The molecule has 0 spiro atoms. The second-order valence-corrected chi connectivity index (χ2v) is 8.92. The molecule has 0 aliphatic carbocycles. The first kappa shape index (κ1) is 23.6. The van der Waals surface area contributed by atoms with E-state index in [-0.39, 0.29) is 42.2 Å². The molecule has 2 N–H and O–H groups in total. The highest BCUT2D eigenvalue weighted by Crippen LogP contribution is 2.28. The topological polar surface area (TPSA) is 49.6 Å². The van der Waals surface area contributed by atoms with Crippen LogP contribution in [0.15, 0.2) is 24.3 Å². The molecule has 4 nitrogen and oxygen atoms in total. The third-order valence-electron chi connectivity index (χ3n) is 5.31. The molecule has 148 valence electrons. The molecule has 2 fully saturated rings. The van der Waals surface area contributed by atoms with Gasteiger partial charge in [0.25, 0.3) is 5.91 Å². The van der Waals surface area contributed by atoms with E-state index in [4.69, 9.17) is 5.73 Å². The maximum atomic E-state index is 12.8. The van der Waals surface area contributed by atoms with Crippen molar-refractivity contribution in [2.75, 3.05) is 37.7 Å². The van der Waals surface area contributed by atoms with Crippen LogP contribution < -0.4 is 5.73 Å². The minimum Gasteiger partial charge on any atom is -0.338 e. The summed E-state index contributed by atoms with van der Waals surface area (Å²) in [4.78, 5) is 17.2. The van der Waals surface area contributed by atoms with Crippen molar-refractivity contribution in [3.05, 3.63) is 35.4 Å². The predicted molar refractivity (Wildman–Crippen MR) is 116 cm³/mol. The van der Waals surface area contributed by atoms with E-state index in [1.54, 1.807) is 0 Å². The number of likely N-dealkylation sites (tertiary alicyclic amines) is 1. The number of rotatable bonds is 3. The zero-order chi connectivity index (χ0) is 17.2. The molecule has 1 unspecified atom stereocenters. The second kappa shape index (κ2) is 10.2. The van der Waals surface area contributed by atoms with Gasteiger partial charge in [0.05, 0.1) is 0 Å². The third-order valence-corrected chi connectivity index (χ3v) is 6.25. The summed E-state index contributed by atoms with van der Waals surface area (Å²) < 4.78 is 0. The van der Waals surface area contributed by atoms with E-state index in [1.165, 1.54) is 17.1 Å². The van der Waals surface area contributed by atoms with Crippen LogP contribution >= 0.6 is 36.6 Å². The Morgan fingerprint density at radius 1 is 1.15 bits per heavy atom. The first-order valence-corrected chi connectivity index (χ1v) is 10.0. The lowest BCUT2D eigenvalue weighted by atomic mass is 9.79. The van der Waals surface area contributed by atoms with Crippen molar-refractivity contribution in [1.29, 1.82) is 0 Å². The molecule has 1 aromatic rings. The van der Waals surface area contributed by atoms with Crippen molar-refractivity contribution in [2.24, 2.45) is 11.1 Å². The van der Waals surface area contributed by atoms with Gasteiger partial charge in [-0.25, -0.2) is 0 Å². The molecule has 0 saturated carbocycles. The van der Waals surface area contributed by atoms with Crippen molar-refractivity contribution in [3.63, 3.8) is 0 Å². The molecule has 2 saturated heterocycles. The quantitative estimate of drug-likeness (QED) is 0.816. The number of hydrogen-bond donors (Lipinski definition) is 1. The Bertz CT molecular complexity index is 577. The molecular weight excluding hydrogens is 389 g/mol. The fourth-order valence-corrected chi connectivity index (χ4v) is 4.48. The molecule has 2 aliphatic heterocycles. The van der Waals surface area contributed by atoms with E-state index < -0.39 is 0 Å². The van der Waals surface area contributed by atoms with E-state index in [2.05, 4.69) is 30.9 Å². The van der Waals surface area contributed by atoms with Crippen LogP contribution in [0, 0.1) is 5.41 Å². The number of carbonyl (C=O) groups is 1. The van der Waals surface area contributed by atoms with Gasteiger partial charge in [-0.05, 0) is 29.5 Å². The van der Waals surface area contributed by atoms with Crippen LogP contribution in [0.5, 0.6) is 0 Å². The third kappa shape index (κ3) is 5.77. The van der Waals surface area contributed by atoms with Crippen LogP contribution in [-0.2, 0) is 6.54 Å². The summed E-state index contributed by atoms with van der Waals surface area (Å²) in [5.74, 6) is 2.59. The first-order chi connectivity index (χ1) is 11.5. The van der Waals surface area contributed by atoms with Crippen molar-refractivity contribution >= 4 is 42.5 Å². The summed E-state index contributed by atoms with van der Waals surface area (Å²) in [5, 5.41) is 0. The van der Waals surface area contributed by atoms with Crippen LogP contribution in [0.3, 0.4) is 0 Å². The van der Waals surface area contributed by atoms with Gasteiger partial charge < -0.3 is 10.6 Å². The fraction of sp³-hybridized carbons (Fsp3) is 0.632. The Kier molecular flexibility index (Phi) is 9.24. The van der Waals surface area contributed by atoms with Gasteiger partial charge in [0.1, 0.15) is 0 Å². The van der Waals surface area contributed by atoms with Crippen LogP contribution in [0.1, 0.15) is 36.2 Å². The van der Waals surface area contributed by atoms with Gasteiger partial charge in [0.2, 0.25) is 0 Å². The van der Waals surface area contributed by atoms with Crippen molar-refractivity contribution in [3.8, 4) is 0 Å². The van der Waals surface area contributed by atoms with Gasteiger partial charge in [-0.1, -0.05) is 26.0 Å². The number of piperidine rings is 1. The molecule has 3 rings (SSSR count). The Hall–Kier alpha value is -0.460. The summed E-state index contributed by atoms with van der Waals surface area (Å²) in [6, 6.07) is 8.35. The Labute approximate surface area is 174 Å². The van der Waals surface area contributed by atoms with Gasteiger partial charge in [-0.2, -0.15) is 11.8 Å². The van der Waals surface area contributed by atoms with Crippen LogP contribution in [0.4, 0.5) is 0 Å². The molecule has 0 bridgehead atoms. The van der Waals surface area contributed by atoms with Gasteiger partial charge in [-0.15, -0.1) is 24.8 Å². The normalized spacial score (nSPS) is 22.9. The minimum atomic E-state index is -0.0138. The number of thioether (sulfide) groups is 1. The summed E-state index contributed by atoms with van der Waals surface area (Å²) in [6.45, 7) is 9.11. The number of amides is 1. The van der Waals surface area contributed by atoms with Crippen LogP contribution in [0.2, 0.25) is 0 Å². The first-order valence-electron chi connectivity index (χ1n) is 8.89. The summed E-state index contributed by atoms with van der Waals surface area (Å²) in [5.41, 5.74) is 8.25. The summed E-state index contributed by atoms with van der Waals surface area (Å²) in [7, 11) is 0. The van der Waals surface area contributed by atoms with E-state index >= 15 is 0 Å². The summed E-state index contributed by atoms with van der Waals surface area (Å²) in [6.07, 6.45) is 0.879. The lowest BCUT2D eigenvalue weighted by Gasteiger charge is -2.42. The lowest BCUT2D eigenvalue weighted by molar-refractivity contribution is 0.0533. The molecule has 26 heavy (non-hydrogen) atoms. The van der Waals surface area contributed by atoms with E-state index in [0.29, 0.717) is 0 Å². The van der Waals surface area contributed by atoms with Gasteiger partial charge in [0.15, 0.2) is 0 Å². The zero-order valence-corrected chi connectivity index (χ0v) is 18.1. The number of halogens is 2. The molecular formula is C19H31Cl2N3OS. The average Bonchev–Trinajstić information content (AvgIpc) is 2.58. The molecule has 7 heteroatoms. The standard InChI is InChI=1S/C19H29N3OS.2ClH/c1-19(2)14-22(8-7-17(19)20)18(23)16-5-3-15(4-6-16)13-21-9-11-24-12-10-21;;/h3-6,17H,7-14,20H2,1-2H3;2*1H. The Morgan fingerprint density at radius 3 is 2.35 bits per heavy atom. The molecule has 2 heterocycles. The number of hydrogen-bond acceptors (Lipinski definition) is 4. The SMILES string of the molecule is CC1(C)CN(C(=O)c2ccc(CN3CCSCC3)cc2)CCC1N.Cl.Cl. The van der Waals surface area contributed by atoms with Crippen molar-refractivity contribution in [2.45, 2.75) is 32.9 Å². The molecule has 1 aromatic carbocycles. The van der Waals surface area contributed by atoms with Crippen molar-refractivity contribution in [1.82, 2.24) is 9.80 Å². The highest BCUT2D eigenvalue weighted by Gasteiger charge is 2.35. The van der Waals surface area contributed by atoms with Gasteiger partial charge in [-0.3, -0.25) is 9.69 Å². The molecule has 0 radical (unpaired) electrons. The monoisotopic (exact) mass is 419 g/mol. The maximum Gasteiger partial charge on any atom is 0.253 e. The number of benzene rings is 1. The van der Waals surface area contributed by atoms with E-state index in [0.717, 1.165) is 44.7 Å². The number of nitrogens with zero attached hydrogens (tertiary/aromatic N) is 2. The van der Waals surface area contributed by atoms with Crippen LogP contribution in [-0.4, -0.2) is 59.4 Å². The summed E-state index contributed by atoms with van der Waals surface area (Å²) >= 11 is 2.03. The average molecular weight is 420 g/mol. The van der Waals surface area contributed by atoms with Gasteiger partial charge in [0, 0.05) is 55.8 Å². The Balaban J connectivity index is 0.00000169. The smallest absolute Gasteiger partial charge is 0.253 e. The van der Waals surface area contributed by atoms with E-state index in [1.807, 2.05) is 28.8 Å². The molecule has 1 amide bonds. The Morgan fingerprint density at radius 2 is 1.77 bits per heavy atom. The largest absolute Gasteiger partial charge is 0.338 e.